The van der Waals surface area contributed by atoms with Gasteiger partial charge in [0.05, 0.1) is 24.3 Å². The zero-order valence-electron chi connectivity index (χ0n) is 12.6. The van der Waals surface area contributed by atoms with Crippen LogP contribution in [0.25, 0.3) is 0 Å². The summed E-state index contributed by atoms with van der Waals surface area (Å²) in [4.78, 5) is 12.4. The Morgan fingerprint density at radius 1 is 1.32 bits per heavy atom. The lowest BCUT2D eigenvalue weighted by Crippen LogP contribution is -2.20. The van der Waals surface area contributed by atoms with E-state index in [0.29, 0.717) is 13.1 Å². The lowest BCUT2D eigenvalue weighted by Gasteiger charge is -2.18. The zero-order valence-corrected chi connectivity index (χ0v) is 12.6. The molecule has 0 unspecified atom stereocenters. The quantitative estimate of drug-likeness (QED) is 0.655. The van der Waals surface area contributed by atoms with Gasteiger partial charge in [-0.05, 0) is 37.6 Å². The molecule has 6 heteroatoms. The van der Waals surface area contributed by atoms with Crippen LogP contribution in [0.3, 0.4) is 0 Å². The number of carboxylic acids is 1. The van der Waals surface area contributed by atoms with E-state index in [1.54, 1.807) is 35.4 Å². The monoisotopic (exact) mass is 298 g/mol. The van der Waals surface area contributed by atoms with Gasteiger partial charge >= 0.3 is 5.97 Å². The van der Waals surface area contributed by atoms with E-state index in [1.807, 2.05) is 24.6 Å². The number of hydrogen-bond donors (Lipinski definition) is 1. The molecule has 2 rings (SSSR count). The zero-order chi connectivity index (χ0) is 16.1. The van der Waals surface area contributed by atoms with E-state index in [-0.39, 0.29) is 11.6 Å². The highest BCUT2D eigenvalue weighted by molar-refractivity contribution is 5.87. The third-order valence-electron chi connectivity index (χ3n) is 3.31. The second-order valence-electron chi connectivity index (χ2n) is 5.32. The molecule has 6 nitrogen and oxygen atoms in total. The van der Waals surface area contributed by atoms with Gasteiger partial charge in [-0.1, -0.05) is 12.1 Å². The summed E-state index contributed by atoms with van der Waals surface area (Å²) >= 11 is 0. The van der Waals surface area contributed by atoms with Crippen LogP contribution in [0.1, 0.15) is 41.5 Å². The van der Waals surface area contributed by atoms with Crippen LogP contribution in [-0.4, -0.2) is 25.8 Å². The first-order valence-electron chi connectivity index (χ1n) is 7.00. The lowest BCUT2D eigenvalue weighted by molar-refractivity contribution is 0.0697. The minimum absolute atomic E-state index is 0.236. The van der Waals surface area contributed by atoms with Crippen molar-refractivity contribution in [2.45, 2.75) is 33.0 Å². The largest absolute Gasteiger partial charge is 0.478 e. The number of aromatic carboxylic acids is 1. The minimum atomic E-state index is -0.954. The molecule has 114 valence electrons. The van der Waals surface area contributed by atoms with Crippen molar-refractivity contribution in [3.05, 3.63) is 53.3 Å². The van der Waals surface area contributed by atoms with Crippen LogP contribution in [-0.2, 0) is 13.1 Å². The fraction of sp³-hybridized carbons (Fsp3) is 0.312. The average Bonchev–Trinajstić information content (AvgIpc) is 2.95. The van der Waals surface area contributed by atoms with E-state index in [2.05, 4.69) is 11.3 Å². The molecule has 0 radical (unpaired) electrons. The number of carboxylic acid groups (broad SMARTS) is 1. The van der Waals surface area contributed by atoms with E-state index < -0.39 is 5.97 Å². The van der Waals surface area contributed by atoms with Gasteiger partial charge in [-0.3, -0.25) is 4.68 Å². The third kappa shape index (κ3) is 3.64. The summed E-state index contributed by atoms with van der Waals surface area (Å²) in [6.07, 6.45) is 3.90. The van der Waals surface area contributed by atoms with Crippen LogP contribution in [0.15, 0.2) is 36.5 Å². The molecule has 0 amide bonds. The first-order chi connectivity index (χ1) is 10.5. The Bertz CT molecular complexity index is 683. The molecule has 0 aliphatic carbocycles. The summed E-state index contributed by atoms with van der Waals surface area (Å²) < 4.78 is 1.89. The van der Waals surface area contributed by atoms with Crippen molar-refractivity contribution in [1.82, 2.24) is 14.7 Å². The summed E-state index contributed by atoms with van der Waals surface area (Å²) in [6.45, 7) is 4.98. The molecule has 1 aromatic heterocycles. The molecular weight excluding hydrogens is 280 g/mol. The van der Waals surface area contributed by atoms with Crippen LogP contribution >= 0.6 is 0 Å². The van der Waals surface area contributed by atoms with E-state index >= 15 is 0 Å². The normalized spacial score (nSPS) is 10.5. The maximum atomic E-state index is 10.8. The summed E-state index contributed by atoms with van der Waals surface area (Å²) in [5.41, 5.74) is 2.10. The Morgan fingerprint density at radius 2 is 2.00 bits per heavy atom. The van der Waals surface area contributed by atoms with Crippen molar-refractivity contribution in [2.75, 3.05) is 0 Å². The van der Waals surface area contributed by atoms with E-state index in [9.17, 15) is 10.1 Å². The van der Waals surface area contributed by atoms with Crippen molar-refractivity contribution in [3.8, 4) is 6.19 Å². The van der Waals surface area contributed by atoms with Gasteiger partial charge in [0.15, 0.2) is 6.19 Å². The summed E-state index contributed by atoms with van der Waals surface area (Å²) in [5.74, 6) is -0.954. The first-order valence-corrected chi connectivity index (χ1v) is 7.00. The smallest absolute Gasteiger partial charge is 0.335 e. The minimum Gasteiger partial charge on any atom is -0.478 e. The van der Waals surface area contributed by atoms with Crippen LogP contribution in [0.2, 0.25) is 0 Å². The fourth-order valence-corrected chi connectivity index (χ4v) is 2.23. The van der Waals surface area contributed by atoms with Gasteiger partial charge in [0.25, 0.3) is 0 Å². The van der Waals surface area contributed by atoms with E-state index in [1.165, 1.54) is 0 Å². The molecule has 0 saturated heterocycles. The standard InChI is InChI=1S/C16H18N4O2/c1-12(2)20-15(7-8-18-20)10-19(11-17)9-13-3-5-14(6-4-13)16(21)22/h3-8,12H,9-10H2,1-2H3,(H,21,22). The van der Waals surface area contributed by atoms with Crippen LogP contribution in [0, 0.1) is 11.5 Å². The number of rotatable bonds is 6. The number of nitrogens with zero attached hydrogens (tertiary/aromatic N) is 4. The van der Waals surface area contributed by atoms with E-state index in [4.69, 9.17) is 5.11 Å². The molecule has 22 heavy (non-hydrogen) atoms. The Hall–Kier alpha value is -2.81. The van der Waals surface area contributed by atoms with Gasteiger partial charge < -0.3 is 10.0 Å². The number of hydrogen-bond acceptors (Lipinski definition) is 4. The third-order valence-corrected chi connectivity index (χ3v) is 3.31. The summed E-state index contributed by atoms with van der Waals surface area (Å²) in [5, 5.41) is 22.5. The highest BCUT2D eigenvalue weighted by Crippen LogP contribution is 2.13. The van der Waals surface area contributed by atoms with Gasteiger partial charge in [-0.25, -0.2) is 4.79 Å². The molecule has 0 bridgehead atoms. The van der Waals surface area contributed by atoms with Crippen LogP contribution < -0.4 is 0 Å². The molecule has 0 aliphatic heterocycles. The highest BCUT2D eigenvalue weighted by Gasteiger charge is 2.11. The van der Waals surface area contributed by atoms with Crippen LogP contribution in [0.5, 0.6) is 0 Å². The van der Waals surface area contributed by atoms with Crippen molar-refractivity contribution < 1.29 is 9.90 Å². The molecule has 0 spiro atoms. The Labute approximate surface area is 129 Å². The van der Waals surface area contributed by atoms with Gasteiger partial charge in [0.1, 0.15) is 0 Å². The first kappa shape index (κ1) is 15.6. The molecule has 1 aromatic carbocycles. The number of nitriles is 1. The number of benzene rings is 1. The second kappa shape index (κ2) is 6.76. The maximum Gasteiger partial charge on any atom is 0.335 e. The average molecular weight is 298 g/mol. The van der Waals surface area contributed by atoms with Gasteiger partial charge in [0.2, 0.25) is 0 Å². The van der Waals surface area contributed by atoms with Crippen molar-refractivity contribution in [3.63, 3.8) is 0 Å². The van der Waals surface area contributed by atoms with Gasteiger partial charge in [0, 0.05) is 12.2 Å². The lowest BCUT2D eigenvalue weighted by atomic mass is 10.1. The van der Waals surface area contributed by atoms with Gasteiger partial charge in [-0.2, -0.15) is 10.4 Å². The highest BCUT2D eigenvalue weighted by atomic mass is 16.4. The van der Waals surface area contributed by atoms with Crippen molar-refractivity contribution in [2.24, 2.45) is 0 Å². The predicted octanol–water partition coefficient (Wildman–Crippen LogP) is 2.65. The molecule has 0 fully saturated rings. The molecule has 0 aliphatic rings. The fourth-order valence-electron chi connectivity index (χ4n) is 2.23. The SMILES string of the molecule is CC(C)n1nccc1CN(C#N)Cc1ccc(C(=O)O)cc1. The van der Waals surface area contributed by atoms with Gasteiger partial charge in [-0.15, -0.1) is 0 Å². The molecule has 2 aromatic rings. The number of carbonyl (C=O) groups is 1. The Balaban J connectivity index is 2.08. The van der Waals surface area contributed by atoms with Crippen molar-refractivity contribution in [1.29, 1.82) is 5.26 Å². The topological polar surface area (TPSA) is 82.2 Å². The summed E-state index contributed by atoms with van der Waals surface area (Å²) in [7, 11) is 0. The molecule has 0 atom stereocenters. The van der Waals surface area contributed by atoms with Crippen LogP contribution in [0.4, 0.5) is 0 Å². The van der Waals surface area contributed by atoms with E-state index in [0.717, 1.165) is 11.3 Å². The Morgan fingerprint density at radius 3 is 2.55 bits per heavy atom. The van der Waals surface area contributed by atoms with Crippen molar-refractivity contribution >= 4 is 5.97 Å². The summed E-state index contributed by atoms with van der Waals surface area (Å²) in [6, 6.07) is 8.69. The Kier molecular flexibility index (Phi) is 4.79. The predicted molar refractivity (Wildman–Crippen MR) is 80.9 cm³/mol. The molecule has 0 saturated carbocycles. The maximum absolute atomic E-state index is 10.8. The second-order valence-corrected chi connectivity index (χ2v) is 5.32. The number of aromatic nitrogens is 2. The molecular formula is C16H18N4O2. The molecule has 1 N–H and O–H groups in total. The molecule has 1 heterocycles.